The normalized spacial score (nSPS) is 0. The summed E-state index contributed by atoms with van der Waals surface area (Å²) in [7, 11) is 0. The predicted molar refractivity (Wildman–Crippen MR) is 5.75 cm³/mol. The summed E-state index contributed by atoms with van der Waals surface area (Å²) in [5.41, 5.74) is 0. The second-order valence-corrected chi connectivity index (χ2v) is 0. The van der Waals surface area contributed by atoms with E-state index in [4.69, 9.17) is 0 Å². The van der Waals surface area contributed by atoms with Gasteiger partial charge in [-0.25, -0.2) is 0 Å². The van der Waals surface area contributed by atoms with Gasteiger partial charge in [0.1, 0.15) is 0 Å². The molecule has 0 fully saturated rings. The zero-order valence-corrected chi connectivity index (χ0v) is 10.9. The maximum Gasteiger partial charge on any atom is 0 e. The summed E-state index contributed by atoms with van der Waals surface area (Å²) in [6, 6.07) is 0. The van der Waals surface area contributed by atoms with Gasteiger partial charge in [-0.15, -0.1) is 0 Å². The van der Waals surface area contributed by atoms with Gasteiger partial charge in [-0.05, 0) is 0 Å². The maximum absolute atomic E-state index is 0. The number of rotatable bonds is 0. The molecule has 0 bridgehead atoms. The van der Waals surface area contributed by atoms with Gasteiger partial charge in [-0.1, -0.05) is 0 Å². The number of hydrogen-bond acceptors (Lipinski definition) is 0. The van der Waals surface area contributed by atoms with E-state index in [9.17, 15) is 0 Å². The molecule has 0 nitrogen and oxygen atoms in total. The molecule has 0 amide bonds. The predicted octanol–water partition coefficient (Wildman–Crippen LogP) is -0.391. The average molecular weight is 472 g/mol. The van der Waals surface area contributed by atoms with Crippen molar-refractivity contribution in [3.8, 4) is 0 Å². The summed E-state index contributed by atoms with van der Waals surface area (Å²) >= 11 is 0. The van der Waals surface area contributed by atoms with E-state index in [0.29, 0.717) is 0 Å². The van der Waals surface area contributed by atoms with Crippen LogP contribution in [0, 0.1) is 0 Å². The van der Waals surface area contributed by atoms with Gasteiger partial charge >= 0.3 is 0 Å². The Morgan fingerprint density at radius 3 is 1.00 bits per heavy atom. The fraction of sp³-hybridized carbons (Fsp3) is 0. The standard InChI is InChI=1S/Bi.Co.Cr.Fe.Mo. The van der Waals surface area contributed by atoms with Gasteiger partial charge in [-0.2, -0.15) is 0 Å². The third-order valence-corrected chi connectivity index (χ3v) is 0. The van der Waals surface area contributed by atoms with Crippen molar-refractivity contribution < 1.29 is 72.3 Å². The van der Waals surface area contributed by atoms with Crippen molar-refractivity contribution in [1.82, 2.24) is 0 Å². The van der Waals surface area contributed by atoms with Crippen LogP contribution >= 0.6 is 0 Å². The van der Waals surface area contributed by atoms with Crippen LogP contribution in [0.15, 0.2) is 0 Å². The molecule has 0 N–H and O–H groups in total. The molecule has 0 aromatic heterocycles. The molecule has 0 saturated carbocycles. The molecule has 0 aromatic carbocycles. The van der Waals surface area contributed by atoms with Crippen molar-refractivity contribution in [1.29, 1.82) is 0 Å². The van der Waals surface area contributed by atoms with Crippen molar-refractivity contribution >= 4 is 26.2 Å². The SMILES string of the molecule is [Bi].[Co].[Cr].[Fe].[Mo]. The minimum atomic E-state index is 0. The summed E-state index contributed by atoms with van der Waals surface area (Å²) in [4.78, 5) is 0. The molecule has 5 heavy (non-hydrogen) atoms. The molecule has 0 unspecified atom stereocenters. The zero-order chi connectivity index (χ0) is 0. The minimum Gasteiger partial charge on any atom is 0 e. The molecule has 5 heteroatoms. The average Bonchev–Trinajstić information content (AvgIpc) is 0. The van der Waals surface area contributed by atoms with Crippen LogP contribution in [0.3, 0.4) is 0 Å². The van der Waals surface area contributed by atoms with Crippen LogP contribution in [-0.4, -0.2) is 26.2 Å². The Balaban J connectivity index is 0. The van der Waals surface area contributed by atoms with E-state index in [1.807, 2.05) is 0 Å². The molecule has 0 saturated heterocycles. The van der Waals surface area contributed by atoms with Crippen molar-refractivity contribution in [2.45, 2.75) is 0 Å². The molecule has 0 spiro atoms. The molecule has 0 aliphatic rings. The second-order valence-electron chi connectivity index (χ2n) is 0. The van der Waals surface area contributed by atoms with E-state index < -0.39 is 0 Å². The van der Waals surface area contributed by atoms with Gasteiger partial charge in [0, 0.05) is 98.5 Å². The van der Waals surface area contributed by atoms with E-state index in [1.54, 1.807) is 0 Å². The minimum absolute atomic E-state index is 0. The number of hydrogen-bond donors (Lipinski definition) is 0. The van der Waals surface area contributed by atoms with Gasteiger partial charge in [0.15, 0.2) is 0 Å². The van der Waals surface area contributed by atoms with Crippen molar-refractivity contribution in [3.05, 3.63) is 0 Å². The Hall–Kier alpha value is 3.13. The first-order valence-electron chi connectivity index (χ1n) is 0. The van der Waals surface area contributed by atoms with Crippen LogP contribution in [0.5, 0.6) is 0 Å². The maximum atomic E-state index is 0. The van der Waals surface area contributed by atoms with Gasteiger partial charge in [-0.3, -0.25) is 0 Å². The van der Waals surface area contributed by atoms with Crippen molar-refractivity contribution in [2.24, 2.45) is 0 Å². The quantitative estimate of drug-likeness (QED) is 0.422. The largest absolute Gasteiger partial charge is 0 e. The van der Waals surface area contributed by atoms with E-state index in [2.05, 4.69) is 0 Å². The van der Waals surface area contributed by atoms with Crippen molar-refractivity contribution in [2.75, 3.05) is 0 Å². The summed E-state index contributed by atoms with van der Waals surface area (Å²) in [5.74, 6) is 0. The Kier molecular flexibility index (Phi) is 231. The molecule has 0 atom stereocenters. The topological polar surface area (TPSA) is 0 Å². The van der Waals surface area contributed by atoms with Crippen LogP contribution in [-0.2, 0) is 72.3 Å². The van der Waals surface area contributed by atoms with Gasteiger partial charge in [0.25, 0.3) is 0 Å². The molecular formula is BiCoCrFeMo. The van der Waals surface area contributed by atoms with E-state index >= 15 is 0 Å². The van der Waals surface area contributed by atoms with Gasteiger partial charge in [0.05, 0.1) is 0 Å². The van der Waals surface area contributed by atoms with Crippen LogP contribution in [0.2, 0.25) is 0 Å². The van der Waals surface area contributed by atoms with Gasteiger partial charge < -0.3 is 0 Å². The van der Waals surface area contributed by atoms with Crippen LogP contribution in [0.4, 0.5) is 0 Å². The monoisotopic (exact) mass is 474 g/mol. The molecule has 0 aliphatic carbocycles. The molecular weight excluding hydrogens is 472 g/mol. The molecule has 0 aliphatic heterocycles. The molecule has 34 valence electrons. The fourth-order valence-electron chi connectivity index (χ4n) is 0. The third kappa shape index (κ3) is 19.2. The molecule has 4 radical (unpaired) electrons. The van der Waals surface area contributed by atoms with E-state index in [0.717, 1.165) is 0 Å². The second kappa shape index (κ2) is 27.3. The Bertz CT molecular complexity index is 11.6. The zero-order valence-electron chi connectivity index (χ0n) is 1.95. The summed E-state index contributed by atoms with van der Waals surface area (Å²) in [5, 5.41) is 0. The van der Waals surface area contributed by atoms with E-state index in [1.165, 1.54) is 0 Å². The van der Waals surface area contributed by atoms with Gasteiger partial charge in [0.2, 0.25) is 0 Å². The summed E-state index contributed by atoms with van der Waals surface area (Å²) in [6.45, 7) is 0. The first-order valence-corrected chi connectivity index (χ1v) is 0. The summed E-state index contributed by atoms with van der Waals surface area (Å²) in [6.07, 6.45) is 0. The summed E-state index contributed by atoms with van der Waals surface area (Å²) < 4.78 is 0. The Morgan fingerprint density at radius 1 is 1.00 bits per heavy atom. The van der Waals surface area contributed by atoms with Crippen LogP contribution in [0.25, 0.3) is 0 Å². The first kappa shape index (κ1) is 42.2. The smallest absolute Gasteiger partial charge is 0 e. The third-order valence-electron chi connectivity index (χ3n) is 0. The first-order chi connectivity index (χ1) is 0. The Morgan fingerprint density at radius 2 is 1.00 bits per heavy atom. The van der Waals surface area contributed by atoms with Crippen LogP contribution in [0.1, 0.15) is 0 Å². The Labute approximate surface area is 96.8 Å². The molecule has 0 aromatic rings. The van der Waals surface area contributed by atoms with Crippen LogP contribution < -0.4 is 0 Å². The fourth-order valence-corrected chi connectivity index (χ4v) is 0. The molecule has 0 rings (SSSR count). The molecule has 0 heterocycles. The van der Waals surface area contributed by atoms with Crippen molar-refractivity contribution in [3.63, 3.8) is 0 Å². The van der Waals surface area contributed by atoms with E-state index in [-0.39, 0.29) is 98.5 Å².